The number of hydroxylamine groups is 2. The summed E-state index contributed by atoms with van der Waals surface area (Å²) >= 11 is 0. The minimum atomic E-state index is -1.02. The van der Waals surface area contributed by atoms with Gasteiger partial charge < -0.3 is 14.9 Å². The van der Waals surface area contributed by atoms with Crippen LogP contribution in [0, 0.1) is 5.92 Å². The molecule has 0 radical (unpaired) electrons. The van der Waals surface area contributed by atoms with Crippen LogP contribution in [0.3, 0.4) is 0 Å². The van der Waals surface area contributed by atoms with Crippen LogP contribution in [0.5, 0.6) is 0 Å². The Balaban J connectivity index is 1.99. The minimum absolute atomic E-state index is 0.0134. The van der Waals surface area contributed by atoms with Crippen LogP contribution in [0.1, 0.15) is 66.7 Å². The van der Waals surface area contributed by atoms with Gasteiger partial charge in [0.05, 0.1) is 0 Å². The molecule has 0 aromatic carbocycles. The maximum Gasteiger partial charge on any atom is 0.433 e. The number of likely N-dealkylation sites (tertiary alicyclic amines) is 1. The summed E-state index contributed by atoms with van der Waals surface area (Å²) in [6.45, 7) is 9.46. The summed E-state index contributed by atoms with van der Waals surface area (Å²) in [6.07, 6.45) is -0.924. The van der Waals surface area contributed by atoms with Crippen molar-refractivity contribution in [1.29, 1.82) is 0 Å². The molecule has 2 aliphatic heterocycles. The van der Waals surface area contributed by atoms with E-state index in [9.17, 15) is 24.0 Å². The number of ether oxygens (including phenoxy) is 1. The number of hydrogen-bond donors (Lipinski definition) is 2. The molecular weight excluding hydrogens is 408 g/mol. The van der Waals surface area contributed by atoms with Crippen molar-refractivity contribution < 1.29 is 33.5 Å². The van der Waals surface area contributed by atoms with Crippen molar-refractivity contribution in [3.8, 4) is 0 Å². The van der Waals surface area contributed by atoms with Crippen LogP contribution in [-0.2, 0) is 24.0 Å². The van der Waals surface area contributed by atoms with E-state index in [2.05, 4.69) is 10.6 Å². The Morgan fingerprint density at radius 2 is 1.71 bits per heavy atom. The Bertz CT molecular complexity index is 716. The number of nitrogens with one attached hydrogen (secondary N) is 2. The average molecular weight is 440 g/mol. The second-order valence-corrected chi connectivity index (χ2v) is 9.13. The molecule has 2 heterocycles. The second-order valence-electron chi connectivity index (χ2n) is 9.13. The lowest BCUT2D eigenvalue weighted by Gasteiger charge is -2.29. The van der Waals surface area contributed by atoms with Gasteiger partial charge in [0.15, 0.2) is 0 Å². The number of hydrogen-bond acceptors (Lipinski definition) is 7. The summed E-state index contributed by atoms with van der Waals surface area (Å²) in [4.78, 5) is 66.9. The third kappa shape index (κ3) is 7.11. The van der Waals surface area contributed by atoms with E-state index in [0.29, 0.717) is 30.9 Å². The lowest BCUT2D eigenvalue weighted by Crippen LogP contribution is -2.55. The van der Waals surface area contributed by atoms with Crippen LogP contribution in [0.4, 0.5) is 9.59 Å². The molecule has 2 atom stereocenters. The molecule has 0 saturated carbocycles. The highest BCUT2D eigenvalue weighted by molar-refractivity contribution is 6.01. The van der Waals surface area contributed by atoms with Crippen molar-refractivity contribution in [1.82, 2.24) is 20.6 Å². The molecule has 0 spiro atoms. The van der Waals surface area contributed by atoms with E-state index >= 15 is 0 Å². The van der Waals surface area contributed by atoms with Crippen molar-refractivity contribution in [3.05, 3.63) is 0 Å². The van der Waals surface area contributed by atoms with Gasteiger partial charge in [-0.1, -0.05) is 13.8 Å². The Morgan fingerprint density at radius 3 is 2.26 bits per heavy atom. The first kappa shape index (κ1) is 24.4. The van der Waals surface area contributed by atoms with Crippen molar-refractivity contribution in [3.63, 3.8) is 0 Å². The molecular formula is C20H32N4O7. The Kier molecular flexibility index (Phi) is 7.85. The summed E-state index contributed by atoms with van der Waals surface area (Å²) in [6, 6.07) is -0.718. The zero-order valence-corrected chi connectivity index (χ0v) is 18.7. The van der Waals surface area contributed by atoms with Gasteiger partial charge in [-0.3, -0.25) is 24.6 Å². The van der Waals surface area contributed by atoms with Gasteiger partial charge in [0.2, 0.25) is 5.91 Å². The zero-order valence-electron chi connectivity index (χ0n) is 18.7. The molecule has 0 bridgehead atoms. The third-order valence-electron chi connectivity index (χ3n) is 4.68. The number of nitrogens with zero attached hydrogens (tertiary/aromatic N) is 2. The average Bonchev–Trinajstić information content (AvgIpc) is 3.22. The quantitative estimate of drug-likeness (QED) is 0.474. The first-order chi connectivity index (χ1) is 14.4. The first-order valence-corrected chi connectivity index (χ1v) is 10.5. The van der Waals surface area contributed by atoms with Gasteiger partial charge in [-0.2, -0.15) is 0 Å². The molecule has 2 N–H and O–H groups in total. The number of amides is 5. The monoisotopic (exact) mass is 440 g/mol. The fourth-order valence-electron chi connectivity index (χ4n) is 3.38. The maximum absolute atomic E-state index is 12.9. The van der Waals surface area contributed by atoms with E-state index in [1.165, 1.54) is 4.90 Å². The number of carbonyl (C=O) groups excluding carboxylic acids is 5. The van der Waals surface area contributed by atoms with Gasteiger partial charge in [0.25, 0.3) is 11.8 Å². The van der Waals surface area contributed by atoms with E-state index in [-0.39, 0.29) is 18.8 Å². The maximum atomic E-state index is 12.9. The van der Waals surface area contributed by atoms with Crippen molar-refractivity contribution in [2.45, 2.75) is 84.5 Å². The van der Waals surface area contributed by atoms with Crippen LogP contribution in [0.25, 0.3) is 0 Å². The topological polar surface area (TPSA) is 134 Å². The van der Waals surface area contributed by atoms with Crippen LogP contribution >= 0.6 is 0 Å². The highest BCUT2D eigenvalue weighted by Gasteiger charge is 2.38. The predicted molar refractivity (Wildman–Crippen MR) is 108 cm³/mol. The molecule has 11 nitrogen and oxygen atoms in total. The summed E-state index contributed by atoms with van der Waals surface area (Å²) in [5, 5.41) is 5.64. The van der Waals surface area contributed by atoms with Gasteiger partial charge in [0, 0.05) is 19.4 Å². The van der Waals surface area contributed by atoms with E-state index in [1.54, 1.807) is 20.8 Å². The SMILES string of the molecule is CC(C)C[C@H](NC(=O)ON1C(=O)CCC1=O)NC(=O)[C@@H]1CCCN1C(=O)OC(C)(C)C. The fraction of sp³-hybridized carbons (Fsp3) is 0.750. The van der Waals surface area contributed by atoms with E-state index in [4.69, 9.17) is 9.57 Å². The highest BCUT2D eigenvalue weighted by Crippen LogP contribution is 2.21. The number of imide groups is 1. The Labute approximate surface area is 181 Å². The molecule has 2 fully saturated rings. The molecule has 5 amide bonds. The van der Waals surface area contributed by atoms with E-state index < -0.39 is 47.7 Å². The molecule has 2 rings (SSSR count). The zero-order chi connectivity index (χ0) is 23.3. The summed E-state index contributed by atoms with van der Waals surface area (Å²) in [5.41, 5.74) is -0.684. The lowest BCUT2D eigenvalue weighted by atomic mass is 10.1. The molecule has 0 aromatic heterocycles. The molecule has 0 aliphatic carbocycles. The molecule has 2 aliphatic rings. The third-order valence-corrected chi connectivity index (χ3v) is 4.68. The predicted octanol–water partition coefficient (Wildman–Crippen LogP) is 1.66. The molecule has 0 unspecified atom stereocenters. The van der Waals surface area contributed by atoms with Crippen LogP contribution < -0.4 is 10.6 Å². The number of carbonyl (C=O) groups is 5. The lowest BCUT2D eigenvalue weighted by molar-refractivity contribution is -0.171. The molecule has 11 heteroatoms. The smallest absolute Gasteiger partial charge is 0.433 e. The highest BCUT2D eigenvalue weighted by atomic mass is 16.7. The Morgan fingerprint density at radius 1 is 1.10 bits per heavy atom. The van der Waals surface area contributed by atoms with Crippen molar-refractivity contribution >= 4 is 29.9 Å². The van der Waals surface area contributed by atoms with Gasteiger partial charge >= 0.3 is 12.2 Å². The largest absolute Gasteiger partial charge is 0.444 e. The molecule has 174 valence electrons. The van der Waals surface area contributed by atoms with Crippen LogP contribution in [0.15, 0.2) is 0 Å². The van der Waals surface area contributed by atoms with Crippen LogP contribution in [0.2, 0.25) is 0 Å². The minimum Gasteiger partial charge on any atom is -0.444 e. The van der Waals surface area contributed by atoms with Crippen LogP contribution in [-0.4, -0.2) is 64.2 Å². The number of rotatable bonds is 6. The van der Waals surface area contributed by atoms with Gasteiger partial charge in [0.1, 0.15) is 17.8 Å². The normalized spacial score (nSPS) is 20.1. The summed E-state index contributed by atoms with van der Waals surface area (Å²) in [7, 11) is 0. The second kappa shape index (κ2) is 9.97. The Hall–Kier alpha value is -2.85. The fourth-order valence-corrected chi connectivity index (χ4v) is 3.38. The van der Waals surface area contributed by atoms with Gasteiger partial charge in [-0.05, 0) is 46.0 Å². The molecule has 0 aromatic rings. The standard InChI is InChI=1S/C20H32N4O7/c1-12(2)11-14(22-18(28)31-24-15(25)8-9-16(24)26)21-17(27)13-7-6-10-23(13)19(29)30-20(3,4)5/h12-14H,6-11H2,1-5H3,(H,21,27)(H,22,28)/t13-,14-/m0/s1. The van der Waals surface area contributed by atoms with Gasteiger partial charge in [-0.15, -0.1) is 5.06 Å². The molecule has 2 saturated heterocycles. The first-order valence-electron chi connectivity index (χ1n) is 10.5. The summed E-state index contributed by atoms with van der Waals surface area (Å²) < 4.78 is 5.38. The van der Waals surface area contributed by atoms with Gasteiger partial charge in [-0.25, -0.2) is 9.59 Å². The summed E-state index contributed by atoms with van der Waals surface area (Å²) in [5.74, 6) is -1.51. The van der Waals surface area contributed by atoms with Crippen molar-refractivity contribution in [2.24, 2.45) is 5.92 Å². The van der Waals surface area contributed by atoms with E-state index in [0.717, 1.165) is 0 Å². The van der Waals surface area contributed by atoms with E-state index in [1.807, 2.05) is 13.8 Å². The molecule has 31 heavy (non-hydrogen) atoms. The van der Waals surface area contributed by atoms with Crippen molar-refractivity contribution in [2.75, 3.05) is 6.54 Å².